The van der Waals surface area contributed by atoms with Crippen molar-refractivity contribution < 1.29 is 9.90 Å². The summed E-state index contributed by atoms with van der Waals surface area (Å²) in [4.78, 5) is 11.9. The SMILES string of the molecule is C/C(=N/NC(=O)c1ccccc1N)c1ccccc1O. The van der Waals surface area contributed by atoms with E-state index in [-0.39, 0.29) is 5.75 Å². The molecule has 4 N–H and O–H groups in total. The maximum absolute atomic E-state index is 11.9. The fourth-order valence-corrected chi connectivity index (χ4v) is 1.74. The lowest BCUT2D eigenvalue weighted by Crippen LogP contribution is -2.20. The lowest BCUT2D eigenvalue weighted by Gasteiger charge is -2.06. The number of nitrogens with one attached hydrogen (secondary N) is 1. The number of carbonyl (C=O) groups excluding carboxylic acids is 1. The number of benzene rings is 2. The normalized spacial score (nSPS) is 11.2. The minimum atomic E-state index is -0.391. The van der Waals surface area contributed by atoms with Crippen LogP contribution >= 0.6 is 0 Å². The van der Waals surface area contributed by atoms with Crippen LogP contribution in [0.4, 0.5) is 5.69 Å². The van der Waals surface area contributed by atoms with Crippen molar-refractivity contribution in [1.82, 2.24) is 5.43 Å². The summed E-state index contributed by atoms with van der Waals surface area (Å²) < 4.78 is 0. The van der Waals surface area contributed by atoms with Gasteiger partial charge < -0.3 is 10.8 Å². The van der Waals surface area contributed by atoms with Crippen LogP contribution in [0.3, 0.4) is 0 Å². The quantitative estimate of drug-likeness (QED) is 0.453. The molecule has 2 aromatic carbocycles. The second-order valence-electron chi connectivity index (χ2n) is 4.24. The van der Waals surface area contributed by atoms with Gasteiger partial charge in [0.15, 0.2) is 0 Å². The molecule has 0 aromatic heterocycles. The summed E-state index contributed by atoms with van der Waals surface area (Å²) in [5.74, 6) is -0.278. The number of hydrogen-bond acceptors (Lipinski definition) is 4. The number of phenolic OH excluding ortho intramolecular Hbond substituents is 1. The van der Waals surface area contributed by atoms with Crippen LogP contribution in [0, 0.1) is 0 Å². The number of para-hydroxylation sites is 2. The first-order valence-electron chi connectivity index (χ1n) is 6.07. The van der Waals surface area contributed by atoms with E-state index in [0.717, 1.165) is 0 Å². The van der Waals surface area contributed by atoms with Crippen molar-refractivity contribution in [3.63, 3.8) is 0 Å². The molecule has 0 heterocycles. The van der Waals surface area contributed by atoms with E-state index in [0.29, 0.717) is 22.5 Å². The molecule has 5 heteroatoms. The Hall–Kier alpha value is -2.82. The summed E-state index contributed by atoms with van der Waals surface area (Å²) in [5, 5.41) is 13.7. The molecule has 2 aromatic rings. The van der Waals surface area contributed by atoms with E-state index in [1.807, 2.05) is 0 Å². The van der Waals surface area contributed by atoms with Gasteiger partial charge in [-0.15, -0.1) is 0 Å². The minimum absolute atomic E-state index is 0.113. The van der Waals surface area contributed by atoms with Gasteiger partial charge in [0.05, 0.1) is 11.3 Å². The summed E-state index contributed by atoms with van der Waals surface area (Å²) >= 11 is 0. The number of nitrogens with two attached hydrogens (primary N) is 1. The van der Waals surface area contributed by atoms with Gasteiger partial charge in [0, 0.05) is 11.3 Å². The van der Waals surface area contributed by atoms with Crippen LogP contribution in [0.2, 0.25) is 0 Å². The van der Waals surface area contributed by atoms with Crippen LogP contribution in [0.5, 0.6) is 5.75 Å². The Morgan fingerprint density at radius 3 is 2.35 bits per heavy atom. The number of amides is 1. The van der Waals surface area contributed by atoms with E-state index in [1.165, 1.54) is 0 Å². The highest BCUT2D eigenvalue weighted by molar-refractivity contribution is 6.03. The van der Waals surface area contributed by atoms with Gasteiger partial charge in [0.2, 0.25) is 0 Å². The van der Waals surface area contributed by atoms with Gasteiger partial charge in [-0.1, -0.05) is 24.3 Å². The molecular weight excluding hydrogens is 254 g/mol. The first-order valence-corrected chi connectivity index (χ1v) is 6.07. The third-order valence-electron chi connectivity index (χ3n) is 2.82. The molecule has 2 rings (SSSR count). The summed E-state index contributed by atoms with van der Waals surface area (Å²) in [6.45, 7) is 1.70. The molecule has 20 heavy (non-hydrogen) atoms. The highest BCUT2D eigenvalue weighted by Crippen LogP contribution is 2.16. The van der Waals surface area contributed by atoms with Gasteiger partial charge >= 0.3 is 0 Å². The van der Waals surface area contributed by atoms with E-state index < -0.39 is 5.91 Å². The van der Waals surface area contributed by atoms with Crippen molar-refractivity contribution in [2.45, 2.75) is 6.92 Å². The van der Waals surface area contributed by atoms with Crippen LogP contribution in [-0.2, 0) is 0 Å². The van der Waals surface area contributed by atoms with Gasteiger partial charge in [-0.2, -0.15) is 5.10 Å². The fraction of sp³-hybridized carbons (Fsp3) is 0.0667. The Morgan fingerprint density at radius 2 is 1.70 bits per heavy atom. The average Bonchev–Trinajstić information content (AvgIpc) is 2.45. The van der Waals surface area contributed by atoms with Gasteiger partial charge in [-0.25, -0.2) is 5.43 Å². The van der Waals surface area contributed by atoms with Crippen LogP contribution in [0.15, 0.2) is 53.6 Å². The largest absolute Gasteiger partial charge is 0.507 e. The molecule has 0 fully saturated rings. The molecule has 1 amide bonds. The van der Waals surface area contributed by atoms with Gasteiger partial charge in [-0.05, 0) is 31.2 Å². The third-order valence-corrected chi connectivity index (χ3v) is 2.82. The van der Waals surface area contributed by atoms with E-state index in [2.05, 4.69) is 10.5 Å². The molecule has 0 bridgehead atoms. The minimum Gasteiger partial charge on any atom is -0.507 e. The fourth-order valence-electron chi connectivity index (χ4n) is 1.74. The number of hydrazone groups is 1. The van der Waals surface area contributed by atoms with Crippen LogP contribution in [0.25, 0.3) is 0 Å². The molecule has 5 nitrogen and oxygen atoms in total. The third kappa shape index (κ3) is 2.95. The molecule has 0 aliphatic carbocycles. The predicted molar refractivity (Wildman–Crippen MR) is 78.6 cm³/mol. The lowest BCUT2D eigenvalue weighted by atomic mass is 10.1. The number of carbonyl (C=O) groups is 1. The molecule has 0 saturated heterocycles. The summed E-state index contributed by atoms with van der Waals surface area (Å²) in [7, 11) is 0. The van der Waals surface area contributed by atoms with Crippen molar-refractivity contribution in [3.8, 4) is 5.75 Å². The maximum atomic E-state index is 11.9. The molecule has 0 saturated carbocycles. The Kier molecular flexibility index (Phi) is 4.00. The van der Waals surface area contributed by atoms with Crippen molar-refractivity contribution >= 4 is 17.3 Å². The summed E-state index contributed by atoms with van der Waals surface area (Å²) in [6.07, 6.45) is 0. The zero-order valence-electron chi connectivity index (χ0n) is 11.0. The van der Waals surface area contributed by atoms with Crippen molar-refractivity contribution in [1.29, 1.82) is 0 Å². The van der Waals surface area contributed by atoms with Crippen molar-refractivity contribution in [3.05, 3.63) is 59.7 Å². The molecule has 0 radical (unpaired) electrons. The average molecular weight is 269 g/mol. The van der Waals surface area contributed by atoms with Gasteiger partial charge in [0.25, 0.3) is 5.91 Å². The number of rotatable bonds is 3. The van der Waals surface area contributed by atoms with Crippen LogP contribution < -0.4 is 11.2 Å². The van der Waals surface area contributed by atoms with Crippen LogP contribution in [-0.4, -0.2) is 16.7 Å². The van der Waals surface area contributed by atoms with Crippen LogP contribution in [0.1, 0.15) is 22.8 Å². The molecule has 0 spiro atoms. The maximum Gasteiger partial charge on any atom is 0.273 e. The predicted octanol–water partition coefficient (Wildman–Crippen LogP) is 2.13. The number of phenols is 1. The first-order chi connectivity index (χ1) is 9.59. The molecule has 0 aliphatic heterocycles. The van der Waals surface area contributed by atoms with E-state index in [9.17, 15) is 9.90 Å². The standard InChI is InChI=1S/C15H15N3O2/c1-10(11-6-3-5-9-14(11)19)17-18-15(20)12-7-2-4-8-13(12)16/h2-9,19H,16H2,1H3,(H,18,20)/b17-10-. The zero-order chi connectivity index (χ0) is 14.5. The molecular formula is C15H15N3O2. The molecule has 0 aliphatic rings. The second-order valence-corrected chi connectivity index (χ2v) is 4.24. The molecule has 102 valence electrons. The summed E-state index contributed by atoms with van der Waals surface area (Å²) in [6, 6.07) is 13.5. The second kappa shape index (κ2) is 5.88. The highest BCUT2D eigenvalue weighted by Gasteiger charge is 2.08. The van der Waals surface area contributed by atoms with E-state index in [4.69, 9.17) is 5.73 Å². The Labute approximate surface area is 116 Å². The highest BCUT2D eigenvalue weighted by atomic mass is 16.3. The molecule has 0 unspecified atom stereocenters. The smallest absolute Gasteiger partial charge is 0.273 e. The Balaban J connectivity index is 2.16. The monoisotopic (exact) mass is 269 g/mol. The van der Waals surface area contributed by atoms with Gasteiger partial charge in [-0.3, -0.25) is 4.79 Å². The molecule has 0 atom stereocenters. The first kappa shape index (κ1) is 13.6. The Bertz CT molecular complexity index is 666. The number of nitrogen functional groups attached to an aromatic ring is 1. The van der Waals surface area contributed by atoms with Crippen molar-refractivity contribution in [2.24, 2.45) is 5.10 Å². The van der Waals surface area contributed by atoms with E-state index >= 15 is 0 Å². The Morgan fingerprint density at radius 1 is 1.10 bits per heavy atom. The number of anilines is 1. The van der Waals surface area contributed by atoms with Crippen molar-refractivity contribution in [2.75, 3.05) is 5.73 Å². The lowest BCUT2D eigenvalue weighted by molar-refractivity contribution is 0.0955. The van der Waals surface area contributed by atoms with Gasteiger partial charge in [0.1, 0.15) is 5.75 Å². The van der Waals surface area contributed by atoms with E-state index in [1.54, 1.807) is 55.5 Å². The number of nitrogens with zero attached hydrogens (tertiary/aromatic N) is 1. The summed E-state index contributed by atoms with van der Waals surface area (Å²) in [5.41, 5.74) is 9.96. The number of hydrogen-bond donors (Lipinski definition) is 3. The topological polar surface area (TPSA) is 87.7 Å². The number of aromatic hydroxyl groups is 1. The zero-order valence-corrected chi connectivity index (χ0v) is 11.0.